The SMILES string of the molecule is CCOc1ccc(N)c(SC(C)C(=O)NC)c1. The molecule has 0 fully saturated rings. The number of nitrogens with two attached hydrogens (primary N) is 1. The van der Waals surface area contributed by atoms with Crippen LogP contribution in [0.5, 0.6) is 5.75 Å². The van der Waals surface area contributed by atoms with E-state index >= 15 is 0 Å². The molecule has 0 saturated carbocycles. The number of amides is 1. The van der Waals surface area contributed by atoms with Crippen LogP contribution < -0.4 is 15.8 Å². The Morgan fingerprint density at radius 1 is 1.59 bits per heavy atom. The van der Waals surface area contributed by atoms with Crippen molar-refractivity contribution in [2.45, 2.75) is 24.0 Å². The van der Waals surface area contributed by atoms with Gasteiger partial charge in [0.1, 0.15) is 5.75 Å². The van der Waals surface area contributed by atoms with Crippen molar-refractivity contribution in [3.8, 4) is 5.75 Å². The zero-order chi connectivity index (χ0) is 12.8. The van der Waals surface area contributed by atoms with E-state index < -0.39 is 0 Å². The number of nitrogen functional groups attached to an aromatic ring is 1. The highest BCUT2D eigenvalue weighted by atomic mass is 32.2. The van der Waals surface area contributed by atoms with Gasteiger partial charge in [-0.25, -0.2) is 0 Å². The molecule has 0 aliphatic rings. The van der Waals surface area contributed by atoms with Gasteiger partial charge in [-0.1, -0.05) is 0 Å². The van der Waals surface area contributed by atoms with E-state index in [9.17, 15) is 4.79 Å². The van der Waals surface area contributed by atoms with Gasteiger partial charge in [0.15, 0.2) is 0 Å². The molecule has 1 atom stereocenters. The quantitative estimate of drug-likeness (QED) is 0.622. The van der Waals surface area contributed by atoms with Gasteiger partial charge in [0, 0.05) is 17.6 Å². The molecule has 1 amide bonds. The second-order valence-corrected chi connectivity index (χ2v) is 4.89. The molecule has 5 heteroatoms. The second-order valence-electron chi connectivity index (χ2n) is 3.51. The third kappa shape index (κ3) is 3.85. The predicted molar refractivity (Wildman–Crippen MR) is 71.4 cm³/mol. The van der Waals surface area contributed by atoms with Gasteiger partial charge >= 0.3 is 0 Å². The first-order valence-electron chi connectivity index (χ1n) is 5.49. The Kier molecular flexibility index (Phi) is 5.15. The molecule has 1 rings (SSSR count). The first kappa shape index (κ1) is 13.7. The summed E-state index contributed by atoms with van der Waals surface area (Å²) in [7, 11) is 1.62. The molecular formula is C12H18N2O2S. The maximum Gasteiger partial charge on any atom is 0.232 e. The molecule has 4 nitrogen and oxygen atoms in total. The molecule has 1 unspecified atom stereocenters. The summed E-state index contributed by atoms with van der Waals surface area (Å²) in [5.74, 6) is 0.754. The van der Waals surface area contributed by atoms with Crippen molar-refractivity contribution >= 4 is 23.4 Å². The van der Waals surface area contributed by atoms with E-state index in [0.717, 1.165) is 10.6 Å². The number of hydrogen-bond donors (Lipinski definition) is 2. The van der Waals surface area contributed by atoms with Crippen LogP contribution in [0.2, 0.25) is 0 Å². The van der Waals surface area contributed by atoms with Crippen LogP contribution in [0, 0.1) is 0 Å². The largest absolute Gasteiger partial charge is 0.494 e. The summed E-state index contributed by atoms with van der Waals surface area (Å²) in [5.41, 5.74) is 6.53. The van der Waals surface area contributed by atoms with Crippen molar-refractivity contribution in [1.82, 2.24) is 5.32 Å². The van der Waals surface area contributed by atoms with Crippen molar-refractivity contribution in [1.29, 1.82) is 0 Å². The summed E-state index contributed by atoms with van der Waals surface area (Å²) in [5, 5.41) is 2.43. The first-order valence-corrected chi connectivity index (χ1v) is 6.37. The highest BCUT2D eigenvalue weighted by molar-refractivity contribution is 8.00. The number of nitrogens with one attached hydrogen (secondary N) is 1. The number of thioether (sulfide) groups is 1. The molecule has 1 aromatic rings. The number of carbonyl (C=O) groups is 1. The minimum atomic E-state index is -0.181. The molecule has 94 valence electrons. The van der Waals surface area contributed by atoms with Crippen LogP contribution >= 0.6 is 11.8 Å². The van der Waals surface area contributed by atoms with E-state index in [0.29, 0.717) is 12.3 Å². The van der Waals surface area contributed by atoms with Crippen molar-refractivity contribution in [2.75, 3.05) is 19.4 Å². The van der Waals surface area contributed by atoms with Crippen molar-refractivity contribution < 1.29 is 9.53 Å². The zero-order valence-corrected chi connectivity index (χ0v) is 11.1. The lowest BCUT2D eigenvalue weighted by molar-refractivity contribution is -0.119. The third-order valence-corrected chi connectivity index (χ3v) is 3.39. The molecule has 0 radical (unpaired) electrons. The van der Waals surface area contributed by atoms with E-state index in [1.54, 1.807) is 13.1 Å². The summed E-state index contributed by atoms with van der Waals surface area (Å²) in [6, 6.07) is 5.49. The van der Waals surface area contributed by atoms with E-state index in [4.69, 9.17) is 10.5 Å². The van der Waals surface area contributed by atoms with Crippen molar-refractivity contribution in [3.05, 3.63) is 18.2 Å². The summed E-state index contributed by atoms with van der Waals surface area (Å²) < 4.78 is 5.40. The fourth-order valence-corrected chi connectivity index (χ4v) is 2.31. The zero-order valence-electron chi connectivity index (χ0n) is 10.3. The van der Waals surface area contributed by atoms with Gasteiger partial charge in [-0.2, -0.15) is 0 Å². The summed E-state index contributed by atoms with van der Waals surface area (Å²) >= 11 is 1.43. The third-order valence-electron chi connectivity index (χ3n) is 2.22. The fraction of sp³-hybridized carbons (Fsp3) is 0.417. The lowest BCUT2D eigenvalue weighted by Gasteiger charge is -2.12. The minimum Gasteiger partial charge on any atom is -0.494 e. The minimum absolute atomic E-state index is 0.0174. The highest BCUT2D eigenvalue weighted by Gasteiger charge is 2.14. The topological polar surface area (TPSA) is 64.3 Å². The van der Waals surface area contributed by atoms with E-state index in [-0.39, 0.29) is 11.2 Å². The number of ether oxygens (including phenoxy) is 1. The van der Waals surface area contributed by atoms with Gasteiger partial charge in [-0.05, 0) is 32.0 Å². The molecule has 0 aliphatic carbocycles. The molecule has 0 heterocycles. The van der Waals surface area contributed by atoms with Gasteiger partial charge in [-0.15, -0.1) is 11.8 Å². The summed E-state index contributed by atoms with van der Waals surface area (Å²) in [4.78, 5) is 12.3. The standard InChI is InChI=1S/C12H18N2O2S/c1-4-16-9-5-6-10(13)11(7-9)17-8(2)12(15)14-3/h5-8H,4,13H2,1-3H3,(H,14,15). The molecule has 0 saturated heterocycles. The van der Waals surface area contributed by atoms with E-state index in [2.05, 4.69) is 5.32 Å². The maximum atomic E-state index is 11.4. The van der Waals surface area contributed by atoms with Gasteiger partial charge in [-0.3, -0.25) is 4.79 Å². The van der Waals surface area contributed by atoms with Gasteiger partial charge in [0.05, 0.1) is 11.9 Å². The normalized spacial score (nSPS) is 11.9. The molecule has 0 aromatic heterocycles. The molecule has 17 heavy (non-hydrogen) atoms. The number of rotatable bonds is 5. The van der Waals surface area contributed by atoms with Crippen molar-refractivity contribution in [2.24, 2.45) is 0 Å². The first-order chi connectivity index (χ1) is 8.08. The van der Waals surface area contributed by atoms with Crippen LogP contribution in [0.15, 0.2) is 23.1 Å². The van der Waals surface area contributed by atoms with Crippen LogP contribution in [0.25, 0.3) is 0 Å². The van der Waals surface area contributed by atoms with E-state index in [1.165, 1.54) is 11.8 Å². The molecule has 0 bridgehead atoms. The monoisotopic (exact) mass is 254 g/mol. The van der Waals surface area contributed by atoms with E-state index in [1.807, 2.05) is 26.0 Å². The van der Waals surface area contributed by atoms with Crippen LogP contribution in [0.1, 0.15) is 13.8 Å². The number of anilines is 1. The lowest BCUT2D eigenvalue weighted by Crippen LogP contribution is -2.27. The van der Waals surface area contributed by atoms with Gasteiger partial charge < -0.3 is 15.8 Å². The molecular weight excluding hydrogens is 236 g/mol. The van der Waals surface area contributed by atoms with Crippen LogP contribution in [0.3, 0.4) is 0 Å². The van der Waals surface area contributed by atoms with Crippen LogP contribution in [-0.4, -0.2) is 24.8 Å². The molecule has 0 aliphatic heterocycles. The molecule has 3 N–H and O–H groups in total. The summed E-state index contributed by atoms with van der Waals surface area (Å²) in [6.07, 6.45) is 0. The second kappa shape index (κ2) is 6.39. The Morgan fingerprint density at radius 3 is 2.88 bits per heavy atom. The van der Waals surface area contributed by atoms with Crippen LogP contribution in [-0.2, 0) is 4.79 Å². The van der Waals surface area contributed by atoms with Gasteiger partial charge in [0.25, 0.3) is 0 Å². The summed E-state index contributed by atoms with van der Waals surface area (Å²) in [6.45, 7) is 4.38. The molecule has 0 spiro atoms. The molecule has 1 aromatic carbocycles. The average Bonchev–Trinajstić information content (AvgIpc) is 2.32. The van der Waals surface area contributed by atoms with Crippen LogP contribution in [0.4, 0.5) is 5.69 Å². The number of carbonyl (C=O) groups excluding carboxylic acids is 1. The number of benzene rings is 1. The lowest BCUT2D eigenvalue weighted by atomic mass is 10.3. The Bertz CT molecular complexity index is 396. The predicted octanol–water partition coefficient (Wildman–Crippen LogP) is 1.89. The average molecular weight is 254 g/mol. The maximum absolute atomic E-state index is 11.4. The number of hydrogen-bond acceptors (Lipinski definition) is 4. The Morgan fingerprint density at radius 2 is 2.29 bits per heavy atom. The Hall–Kier alpha value is -1.36. The fourth-order valence-electron chi connectivity index (χ4n) is 1.32. The smallest absolute Gasteiger partial charge is 0.232 e. The van der Waals surface area contributed by atoms with Crippen molar-refractivity contribution in [3.63, 3.8) is 0 Å². The highest BCUT2D eigenvalue weighted by Crippen LogP contribution is 2.32. The van der Waals surface area contributed by atoms with Gasteiger partial charge in [0.2, 0.25) is 5.91 Å². The Balaban J connectivity index is 2.82. The Labute approximate surface area is 106 Å².